The smallest absolute Gasteiger partial charge is 0.170 e. The molecule has 4 heteroatoms. The summed E-state index contributed by atoms with van der Waals surface area (Å²) in [6.07, 6.45) is 9.21. The molecule has 0 amide bonds. The maximum absolute atomic E-state index is 5.42. The lowest BCUT2D eigenvalue weighted by Crippen LogP contribution is -2.29. The van der Waals surface area contributed by atoms with Crippen LogP contribution in [0.2, 0.25) is 0 Å². The first-order valence-electron chi connectivity index (χ1n) is 8.54. The second-order valence-electron chi connectivity index (χ2n) is 5.46. The van der Waals surface area contributed by atoms with E-state index in [-0.39, 0.29) is 0 Å². The average molecular weight is 323 g/mol. The Morgan fingerprint density at radius 2 is 1.59 bits per heavy atom. The minimum absolute atomic E-state index is 0.686. The van der Waals surface area contributed by atoms with Gasteiger partial charge in [-0.2, -0.15) is 0 Å². The predicted octanol–water partition coefficient (Wildman–Crippen LogP) is 5.12. The molecule has 3 nitrogen and oxygen atoms in total. The summed E-state index contributed by atoms with van der Waals surface area (Å²) in [6.45, 7) is 5.86. The summed E-state index contributed by atoms with van der Waals surface area (Å²) in [5.74, 6) is 0.884. The van der Waals surface area contributed by atoms with Crippen molar-refractivity contribution in [2.75, 3.05) is 18.5 Å². The molecule has 124 valence electrons. The number of unbranched alkanes of at least 4 members (excludes halogenated alkanes) is 6. The fourth-order valence-corrected chi connectivity index (χ4v) is 2.48. The van der Waals surface area contributed by atoms with E-state index in [1.807, 2.05) is 31.2 Å². The molecule has 0 aliphatic rings. The molecular weight excluding hydrogens is 292 g/mol. The Labute approximate surface area is 140 Å². The van der Waals surface area contributed by atoms with Crippen LogP contribution in [0.25, 0.3) is 0 Å². The van der Waals surface area contributed by atoms with Crippen LogP contribution < -0.4 is 15.4 Å². The summed E-state index contributed by atoms with van der Waals surface area (Å²) in [7, 11) is 0. The molecule has 0 saturated heterocycles. The van der Waals surface area contributed by atoms with Crippen LogP contribution in [-0.2, 0) is 0 Å². The third kappa shape index (κ3) is 8.88. The van der Waals surface area contributed by atoms with Gasteiger partial charge in [-0.25, -0.2) is 0 Å². The third-order valence-electron chi connectivity index (χ3n) is 3.49. The van der Waals surface area contributed by atoms with Crippen LogP contribution >= 0.6 is 12.2 Å². The van der Waals surface area contributed by atoms with Gasteiger partial charge in [0.1, 0.15) is 5.75 Å². The lowest BCUT2D eigenvalue weighted by molar-refractivity contribution is 0.340. The number of benzene rings is 1. The van der Waals surface area contributed by atoms with Gasteiger partial charge in [0.15, 0.2) is 5.11 Å². The highest BCUT2D eigenvalue weighted by Gasteiger charge is 1.98. The molecule has 0 unspecified atom stereocenters. The minimum Gasteiger partial charge on any atom is -0.494 e. The first-order chi connectivity index (χ1) is 10.8. The zero-order valence-corrected chi connectivity index (χ0v) is 14.8. The lowest BCUT2D eigenvalue weighted by atomic mass is 10.1. The molecule has 22 heavy (non-hydrogen) atoms. The van der Waals surface area contributed by atoms with E-state index in [2.05, 4.69) is 17.6 Å². The fraction of sp³-hybridized carbons (Fsp3) is 0.611. The molecule has 0 spiro atoms. The van der Waals surface area contributed by atoms with E-state index in [1.54, 1.807) is 0 Å². The van der Waals surface area contributed by atoms with Crippen LogP contribution in [0.3, 0.4) is 0 Å². The first-order valence-corrected chi connectivity index (χ1v) is 8.94. The molecule has 0 aromatic heterocycles. The van der Waals surface area contributed by atoms with Gasteiger partial charge in [-0.3, -0.25) is 0 Å². The van der Waals surface area contributed by atoms with Gasteiger partial charge in [0, 0.05) is 12.2 Å². The zero-order valence-electron chi connectivity index (χ0n) is 14.0. The lowest BCUT2D eigenvalue weighted by Gasteiger charge is -2.11. The predicted molar refractivity (Wildman–Crippen MR) is 99.8 cm³/mol. The number of ether oxygens (including phenoxy) is 1. The second-order valence-corrected chi connectivity index (χ2v) is 5.87. The summed E-state index contributed by atoms with van der Waals surface area (Å²) in [5, 5.41) is 7.15. The molecule has 1 rings (SSSR count). The Morgan fingerprint density at radius 1 is 0.955 bits per heavy atom. The van der Waals surface area contributed by atoms with E-state index >= 15 is 0 Å². The molecule has 0 bridgehead atoms. The second kappa shape index (κ2) is 12.3. The molecule has 0 heterocycles. The summed E-state index contributed by atoms with van der Waals surface area (Å²) >= 11 is 5.30. The molecule has 0 aliphatic heterocycles. The monoisotopic (exact) mass is 322 g/mol. The normalized spacial score (nSPS) is 10.3. The van der Waals surface area contributed by atoms with E-state index < -0.39 is 0 Å². The fourth-order valence-electron chi connectivity index (χ4n) is 2.26. The number of hydrogen-bond donors (Lipinski definition) is 2. The van der Waals surface area contributed by atoms with E-state index in [4.69, 9.17) is 17.0 Å². The van der Waals surface area contributed by atoms with E-state index in [0.29, 0.717) is 11.7 Å². The van der Waals surface area contributed by atoms with Gasteiger partial charge in [0.25, 0.3) is 0 Å². The van der Waals surface area contributed by atoms with Crippen LogP contribution in [0.4, 0.5) is 5.69 Å². The van der Waals surface area contributed by atoms with Crippen molar-refractivity contribution in [3.05, 3.63) is 24.3 Å². The van der Waals surface area contributed by atoms with Gasteiger partial charge in [-0.1, -0.05) is 45.4 Å². The molecular formula is C18H30N2OS. The summed E-state index contributed by atoms with van der Waals surface area (Å²) < 4.78 is 5.42. The standard InChI is InChI=1S/C18H30N2OS/c1-3-5-6-7-8-9-10-15-19-18(22)20-16-11-13-17(14-12-16)21-4-2/h11-14H,3-10,15H2,1-2H3,(H2,19,20,22). The highest BCUT2D eigenvalue weighted by molar-refractivity contribution is 7.80. The van der Waals surface area contributed by atoms with Crippen molar-refractivity contribution in [1.29, 1.82) is 0 Å². The van der Waals surface area contributed by atoms with Crippen LogP contribution in [0.15, 0.2) is 24.3 Å². The van der Waals surface area contributed by atoms with Crippen LogP contribution in [-0.4, -0.2) is 18.3 Å². The number of nitrogens with one attached hydrogen (secondary N) is 2. The zero-order chi connectivity index (χ0) is 16.0. The molecule has 0 aliphatic carbocycles. The van der Waals surface area contributed by atoms with Gasteiger partial charge in [0.05, 0.1) is 6.61 Å². The minimum atomic E-state index is 0.686. The van der Waals surface area contributed by atoms with Crippen LogP contribution in [0, 0.1) is 0 Å². The number of hydrogen-bond acceptors (Lipinski definition) is 2. The van der Waals surface area contributed by atoms with E-state index in [0.717, 1.165) is 18.0 Å². The topological polar surface area (TPSA) is 33.3 Å². The quantitative estimate of drug-likeness (QED) is 0.437. The molecule has 2 N–H and O–H groups in total. The molecule has 0 fully saturated rings. The Hall–Kier alpha value is -1.29. The van der Waals surface area contributed by atoms with Crippen molar-refractivity contribution in [2.24, 2.45) is 0 Å². The molecule has 0 atom stereocenters. The molecule has 1 aromatic rings. The third-order valence-corrected chi connectivity index (χ3v) is 3.74. The van der Waals surface area contributed by atoms with Gasteiger partial charge < -0.3 is 15.4 Å². The Kier molecular flexibility index (Phi) is 10.5. The maximum atomic E-state index is 5.42. The highest BCUT2D eigenvalue weighted by atomic mass is 32.1. The number of thiocarbonyl (C=S) groups is 1. The van der Waals surface area contributed by atoms with Gasteiger partial charge in [-0.05, 0) is 49.8 Å². The summed E-state index contributed by atoms with van der Waals surface area (Å²) in [6, 6.07) is 7.86. The van der Waals surface area contributed by atoms with Crippen molar-refractivity contribution >= 4 is 23.0 Å². The van der Waals surface area contributed by atoms with Gasteiger partial charge in [-0.15, -0.1) is 0 Å². The van der Waals surface area contributed by atoms with Crippen molar-refractivity contribution in [3.8, 4) is 5.75 Å². The summed E-state index contributed by atoms with van der Waals surface area (Å²) in [5.41, 5.74) is 0.987. The highest BCUT2D eigenvalue weighted by Crippen LogP contribution is 2.15. The van der Waals surface area contributed by atoms with Crippen molar-refractivity contribution < 1.29 is 4.74 Å². The Balaban J connectivity index is 2.08. The van der Waals surface area contributed by atoms with E-state index in [1.165, 1.54) is 44.9 Å². The molecule has 1 aromatic carbocycles. The average Bonchev–Trinajstić information content (AvgIpc) is 2.52. The summed E-state index contributed by atoms with van der Waals surface area (Å²) in [4.78, 5) is 0. The largest absolute Gasteiger partial charge is 0.494 e. The first kappa shape index (κ1) is 18.8. The van der Waals surface area contributed by atoms with E-state index in [9.17, 15) is 0 Å². The van der Waals surface area contributed by atoms with Gasteiger partial charge >= 0.3 is 0 Å². The van der Waals surface area contributed by atoms with Crippen molar-refractivity contribution in [1.82, 2.24) is 5.32 Å². The van der Waals surface area contributed by atoms with Crippen LogP contribution in [0.5, 0.6) is 5.75 Å². The SMILES string of the molecule is CCCCCCCCCNC(=S)Nc1ccc(OCC)cc1. The van der Waals surface area contributed by atoms with Gasteiger partial charge in [0.2, 0.25) is 0 Å². The van der Waals surface area contributed by atoms with Crippen LogP contribution in [0.1, 0.15) is 58.8 Å². The Bertz CT molecular complexity index is 406. The maximum Gasteiger partial charge on any atom is 0.170 e. The Morgan fingerprint density at radius 3 is 2.23 bits per heavy atom. The van der Waals surface area contributed by atoms with Crippen molar-refractivity contribution in [3.63, 3.8) is 0 Å². The number of rotatable bonds is 11. The molecule has 0 saturated carbocycles. The van der Waals surface area contributed by atoms with Crippen molar-refractivity contribution in [2.45, 2.75) is 58.8 Å². The number of anilines is 1. The molecule has 0 radical (unpaired) electrons.